The lowest BCUT2D eigenvalue weighted by molar-refractivity contribution is 0.0520. The molecule has 1 saturated carbocycles. The van der Waals surface area contributed by atoms with E-state index in [1.165, 1.54) is 38.8 Å². The minimum absolute atomic E-state index is 0.509. The van der Waals surface area contributed by atoms with E-state index in [1.807, 2.05) is 0 Å². The van der Waals surface area contributed by atoms with Crippen molar-refractivity contribution in [1.82, 2.24) is 4.90 Å². The molecular formula is C12H24FN. The first-order valence-electron chi connectivity index (χ1n) is 6.16. The lowest BCUT2D eigenvalue weighted by atomic mass is 9.89. The third kappa shape index (κ3) is 3.56. The lowest BCUT2D eigenvalue weighted by Gasteiger charge is -2.39. The molecule has 0 amide bonds. The molecule has 1 aliphatic rings. The van der Waals surface area contributed by atoms with Gasteiger partial charge in [-0.1, -0.05) is 26.7 Å². The fourth-order valence-corrected chi connectivity index (χ4v) is 2.02. The number of hydrogen-bond acceptors (Lipinski definition) is 1. The Hall–Kier alpha value is -0.110. The van der Waals surface area contributed by atoms with Crippen LogP contribution in [-0.4, -0.2) is 30.2 Å². The van der Waals surface area contributed by atoms with Crippen LogP contribution in [0.3, 0.4) is 0 Å². The summed E-state index contributed by atoms with van der Waals surface area (Å²) in [6, 6.07) is 0.558. The SMILES string of the molecule is CCCCN(CCCC)C1CC(F)C1. The quantitative estimate of drug-likeness (QED) is 0.610. The molecule has 1 fully saturated rings. The molecule has 1 rings (SSSR count). The molecule has 84 valence electrons. The summed E-state index contributed by atoms with van der Waals surface area (Å²) >= 11 is 0. The van der Waals surface area contributed by atoms with Gasteiger partial charge in [-0.2, -0.15) is 0 Å². The fourth-order valence-electron chi connectivity index (χ4n) is 2.02. The van der Waals surface area contributed by atoms with Crippen LogP contribution in [0.1, 0.15) is 52.4 Å². The molecular weight excluding hydrogens is 177 g/mol. The molecule has 0 heterocycles. The van der Waals surface area contributed by atoms with E-state index in [9.17, 15) is 4.39 Å². The Morgan fingerprint density at radius 3 is 1.93 bits per heavy atom. The zero-order valence-corrected chi connectivity index (χ0v) is 9.64. The van der Waals surface area contributed by atoms with Gasteiger partial charge in [0, 0.05) is 6.04 Å². The van der Waals surface area contributed by atoms with Gasteiger partial charge in [0.25, 0.3) is 0 Å². The van der Waals surface area contributed by atoms with Crippen molar-refractivity contribution in [1.29, 1.82) is 0 Å². The highest BCUT2D eigenvalue weighted by Gasteiger charge is 2.32. The monoisotopic (exact) mass is 201 g/mol. The van der Waals surface area contributed by atoms with Gasteiger partial charge in [-0.05, 0) is 38.8 Å². The molecule has 0 aromatic carbocycles. The second kappa shape index (κ2) is 6.39. The zero-order chi connectivity index (χ0) is 10.4. The van der Waals surface area contributed by atoms with Gasteiger partial charge in [0.2, 0.25) is 0 Å². The first-order valence-corrected chi connectivity index (χ1v) is 6.16. The Morgan fingerprint density at radius 1 is 1.07 bits per heavy atom. The molecule has 0 unspecified atom stereocenters. The Labute approximate surface area is 87.7 Å². The minimum atomic E-state index is -0.509. The molecule has 14 heavy (non-hydrogen) atoms. The van der Waals surface area contributed by atoms with Gasteiger partial charge in [-0.3, -0.25) is 0 Å². The second-order valence-corrected chi connectivity index (χ2v) is 4.47. The van der Waals surface area contributed by atoms with Gasteiger partial charge in [0.15, 0.2) is 0 Å². The Morgan fingerprint density at radius 2 is 1.57 bits per heavy atom. The van der Waals surface area contributed by atoms with Crippen LogP contribution in [0.2, 0.25) is 0 Å². The highest BCUT2D eigenvalue weighted by molar-refractivity contribution is 4.87. The molecule has 0 saturated heterocycles. The van der Waals surface area contributed by atoms with Crippen molar-refractivity contribution in [2.24, 2.45) is 0 Å². The molecule has 1 aliphatic carbocycles. The first-order chi connectivity index (χ1) is 6.77. The predicted octanol–water partition coefficient (Wildman–Crippen LogP) is 3.39. The lowest BCUT2D eigenvalue weighted by Crippen LogP contribution is -2.46. The Bertz CT molecular complexity index is 135. The third-order valence-corrected chi connectivity index (χ3v) is 3.17. The molecule has 0 aromatic heterocycles. The molecule has 0 atom stereocenters. The number of unbranched alkanes of at least 4 members (excludes halogenated alkanes) is 2. The smallest absolute Gasteiger partial charge is 0.103 e. The summed E-state index contributed by atoms with van der Waals surface area (Å²) in [4.78, 5) is 2.50. The Balaban J connectivity index is 2.21. The summed E-state index contributed by atoms with van der Waals surface area (Å²) < 4.78 is 12.7. The van der Waals surface area contributed by atoms with Crippen molar-refractivity contribution in [2.75, 3.05) is 13.1 Å². The van der Waals surface area contributed by atoms with Gasteiger partial charge in [-0.25, -0.2) is 4.39 Å². The average molecular weight is 201 g/mol. The van der Waals surface area contributed by atoms with E-state index in [4.69, 9.17) is 0 Å². The average Bonchev–Trinajstić information content (AvgIpc) is 2.14. The van der Waals surface area contributed by atoms with Crippen molar-refractivity contribution in [3.05, 3.63) is 0 Å². The van der Waals surface area contributed by atoms with Crippen molar-refractivity contribution in [3.63, 3.8) is 0 Å². The number of halogens is 1. The molecule has 0 aromatic rings. The molecule has 0 bridgehead atoms. The number of alkyl halides is 1. The summed E-state index contributed by atoms with van der Waals surface area (Å²) in [6.45, 7) is 6.79. The maximum absolute atomic E-state index is 12.7. The molecule has 0 aliphatic heterocycles. The normalized spacial score (nSPS) is 26.6. The Kier molecular flexibility index (Phi) is 5.46. The van der Waals surface area contributed by atoms with Crippen LogP contribution < -0.4 is 0 Å². The number of hydrogen-bond donors (Lipinski definition) is 0. The van der Waals surface area contributed by atoms with E-state index in [2.05, 4.69) is 18.7 Å². The van der Waals surface area contributed by atoms with Gasteiger partial charge < -0.3 is 4.90 Å². The fraction of sp³-hybridized carbons (Fsp3) is 1.00. The van der Waals surface area contributed by atoms with Crippen molar-refractivity contribution < 1.29 is 4.39 Å². The maximum Gasteiger partial charge on any atom is 0.103 e. The van der Waals surface area contributed by atoms with Gasteiger partial charge >= 0.3 is 0 Å². The summed E-state index contributed by atoms with van der Waals surface area (Å²) in [5.74, 6) is 0. The summed E-state index contributed by atoms with van der Waals surface area (Å²) in [5.41, 5.74) is 0. The van der Waals surface area contributed by atoms with Gasteiger partial charge in [-0.15, -0.1) is 0 Å². The van der Waals surface area contributed by atoms with Crippen LogP contribution >= 0.6 is 0 Å². The van der Waals surface area contributed by atoms with Crippen LogP contribution in [0.25, 0.3) is 0 Å². The zero-order valence-electron chi connectivity index (χ0n) is 9.64. The van der Waals surface area contributed by atoms with Gasteiger partial charge in [0.1, 0.15) is 6.17 Å². The van der Waals surface area contributed by atoms with Crippen molar-refractivity contribution in [2.45, 2.75) is 64.6 Å². The number of nitrogens with zero attached hydrogens (tertiary/aromatic N) is 1. The van der Waals surface area contributed by atoms with E-state index in [1.54, 1.807) is 0 Å². The summed E-state index contributed by atoms with van der Waals surface area (Å²) in [6.07, 6.45) is 6.07. The highest BCUT2D eigenvalue weighted by atomic mass is 19.1. The molecule has 2 heteroatoms. The highest BCUT2D eigenvalue weighted by Crippen LogP contribution is 2.28. The summed E-state index contributed by atoms with van der Waals surface area (Å²) in [7, 11) is 0. The molecule has 1 nitrogen and oxygen atoms in total. The molecule has 0 radical (unpaired) electrons. The van der Waals surface area contributed by atoms with Crippen molar-refractivity contribution >= 4 is 0 Å². The van der Waals surface area contributed by atoms with Crippen LogP contribution in [0.5, 0.6) is 0 Å². The molecule has 0 spiro atoms. The second-order valence-electron chi connectivity index (χ2n) is 4.47. The van der Waals surface area contributed by atoms with Gasteiger partial charge in [0.05, 0.1) is 0 Å². The van der Waals surface area contributed by atoms with E-state index in [0.29, 0.717) is 6.04 Å². The first kappa shape index (κ1) is 12.0. The number of rotatable bonds is 7. The van der Waals surface area contributed by atoms with Crippen LogP contribution in [0.15, 0.2) is 0 Å². The van der Waals surface area contributed by atoms with Crippen LogP contribution in [0, 0.1) is 0 Å². The van der Waals surface area contributed by atoms with E-state index >= 15 is 0 Å². The van der Waals surface area contributed by atoms with Crippen LogP contribution in [-0.2, 0) is 0 Å². The third-order valence-electron chi connectivity index (χ3n) is 3.17. The maximum atomic E-state index is 12.7. The van der Waals surface area contributed by atoms with Crippen molar-refractivity contribution in [3.8, 4) is 0 Å². The topological polar surface area (TPSA) is 3.24 Å². The van der Waals surface area contributed by atoms with E-state index < -0.39 is 6.17 Å². The molecule has 0 N–H and O–H groups in total. The van der Waals surface area contributed by atoms with E-state index in [0.717, 1.165) is 12.8 Å². The standard InChI is InChI=1S/C12H24FN/c1-3-5-7-14(8-6-4-2)12-9-11(13)10-12/h11-12H,3-10H2,1-2H3. The largest absolute Gasteiger partial charge is 0.300 e. The van der Waals surface area contributed by atoms with Crippen LogP contribution in [0.4, 0.5) is 4.39 Å². The van der Waals surface area contributed by atoms with E-state index in [-0.39, 0.29) is 0 Å². The predicted molar refractivity (Wildman–Crippen MR) is 59.3 cm³/mol. The summed E-state index contributed by atoms with van der Waals surface area (Å²) in [5, 5.41) is 0. The minimum Gasteiger partial charge on any atom is -0.300 e.